The summed E-state index contributed by atoms with van der Waals surface area (Å²) in [5.41, 5.74) is 6.06. The van der Waals surface area contributed by atoms with Gasteiger partial charge in [0.2, 0.25) is 0 Å². The van der Waals surface area contributed by atoms with E-state index in [2.05, 4.69) is 0 Å². The van der Waals surface area contributed by atoms with Crippen LogP contribution in [0.3, 0.4) is 0 Å². The number of ether oxygens (including phenoxy) is 1. The molecule has 0 aliphatic heterocycles. The van der Waals surface area contributed by atoms with Crippen LogP contribution in [0.5, 0.6) is 5.75 Å². The van der Waals surface area contributed by atoms with E-state index in [-0.39, 0.29) is 0 Å². The van der Waals surface area contributed by atoms with Crippen LogP contribution in [0.1, 0.15) is 13.3 Å². The number of benzene rings is 1. The first-order valence-corrected chi connectivity index (χ1v) is 4.90. The third-order valence-corrected chi connectivity index (χ3v) is 2.08. The highest BCUT2D eigenvalue weighted by molar-refractivity contribution is 5.90. The third-order valence-electron chi connectivity index (χ3n) is 2.08. The van der Waals surface area contributed by atoms with Crippen LogP contribution < -0.4 is 15.4 Å². The lowest BCUT2D eigenvalue weighted by atomic mass is 10.2. The summed E-state index contributed by atoms with van der Waals surface area (Å²) in [6.07, 6.45) is 0.861. The van der Waals surface area contributed by atoms with Gasteiger partial charge in [-0.1, -0.05) is 13.0 Å². The molecule has 1 rings (SSSR count). The lowest BCUT2D eigenvalue weighted by Gasteiger charge is -2.20. The molecule has 0 aliphatic carbocycles. The van der Waals surface area contributed by atoms with Gasteiger partial charge >= 0.3 is 6.03 Å². The molecule has 0 aliphatic rings. The molecule has 1 aromatic carbocycles. The smallest absolute Gasteiger partial charge is 0.319 e. The van der Waals surface area contributed by atoms with Gasteiger partial charge in [0.05, 0.1) is 7.11 Å². The first-order valence-electron chi connectivity index (χ1n) is 4.90. The van der Waals surface area contributed by atoms with E-state index in [0.29, 0.717) is 6.54 Å². The third kappa shape index (κ3) is 2.87. The molecule has 15 heavy (non-hydrogen) atoms. The van der Waals surface area contributed by atoms with Crippen molar-refractivity contribution in [3.63, 3.8) is 0 Å². The summed E-state index contributed by atoms with van der Waals surface area (Å²) in [6, 6.07) is 6.85. The zero-order chi connectivity index (χ0) is 11.3. The van der Waals surface area contributed by atoms with Crippen LogP contribution in [0, 0.1) is 0 Å². The van der Waals surface area contributed by atoms with Gasteiger partial charge in [-0.25, -0.2) is 4.79 Å². The maximum Gasteiger partial charge on any atom is 0.319 e. The minimum atomic E-state index is -0.440. The second kappa shape index (κ2) is 5.24. The van der Waals surface area contributed by atoms with Gasteiger partial charge in [0.25, 0.3) is 0 Å². The Kier molecular flexibility index (Phi) is 3.97. The number of methoxy groups -OCH3 is 1. The Morgan fingerprint density at radius 1 is 1.53 bits per heavy atom. The number of nitrogens with zero attached hydrogens (tertiary/aromatic N) is 1. The van der Waals surface area contributed by atoms with Gasteiger partial charge in [0.15, 0.2) is 0 Å². The number of amides is 2. The number of primary amides is 1. The molecular weight excluding hydrogens is 192 g/mol. The van der Waals surface area contributed by atoms with Crippen LogP contribution >= 0.6 is 0 Å². The van der Waals surface area contributed by atoms with Crippen LogP contribution in [-0.2, 0) is 0 Å². The average molecular weight is 208 g/mol. The molecule has 0 spiro atoms. The Balaban J connectivity index is 2.94. The van der Waals surface area contributed by atoms with E-state index in [1.807, 2.05) is 25.1 Å². The first-order chi connectivity index (χ1) is 7.19. The summed E-state index contributed by atoms with van der Waals surface area (Å²) in [5, 5.41) is 0. The second-order valence-corrected chi connectivity index (χ2v) is 3.19. The highest BCUT2D eigenvalue weighted by atomic mass is 16.5. The molecule has 0 saturated carbocycles. The van der Waals surface area contributed by atoms with Crippen LogP contribution in [0.4, 0.5) is 10.5 Å². The summed E-state index contributed by atoms with van der Waals surface area (Å²) in [4.78, 5) is 12.7. The van der Waals surface area contributed by atoms with Crippen molar-refractivity contribution in [1.82, 2.24) is 0 Å². The van der Waals surface area contributed by atoms with Gasteiger partial charge in [-0.2, -0.15) is 0 Å². The van der Waals surface area contributed by atoms with Crippen molar-refractivity contribution in [1.29, 1.82) is 0 Å². The number of anilines is 1. The number of carbonyl (C=O) groups excluding carboxylic acids is 1. The van der Waals surface area contributed by atoms with Crippen LogP contribution in [0.15, 0.2) is 24.3 Å². The molecule has 82 valence electrons. The number of carbonyl (C=O) groups is 1. The topological polar surface area (TPSA) is 55.6 Å². The summed E-state index contributed by atoms with van der Waals surface area (Å²) < 4.78 is 5.08. The van der Waals surface area contributed by atoms with Crippen molar-refractivity contribution in [3.05, 3.63) is 24.3 Å². The van der Waals surface area contributed by atoms with E-state index in [9.17, 15) is 4.79 Å². The molecule has 0 fully saturated rings. The van der Waals surface area contributed by atoms with Crippen molar-refractivity contribution in [2.75, 3.05) is 18.6 Å². The number of rotatable bonds is 4. The maximum absolute atomic E-state index is 11.2. The van der Waals surface area contributed by atoms with E-state index >= 15 is 0 Å². The van der Waals surface area contributed by atoms with E-state index in [0.717, 1.165) is 17.9 Å². The van der Waals surface area contributed by atoms with Gasteiger partial charge < -0.3 is 10.5 Å². The Morgan fingerprint density at radius 2 is 2.27 bits per heavy atom. The molecule has 4 heteroatoms. The van der Waals surface area contributed by atoms with Gasteiger partial charge in [0, 0.05) is 18.3 Å². The molecule has 0 bridgehead atoms. The fraction of sp³-hybridized carbons (Fsp3) is 0.364. The Morgan fingerprint density at radius 3 is 2.80 bits per heavy atom. The molecular formula is C11H16N2O2. The lowest BCUT2D eigenvalue weighted by molar-refractivity contribution is 0.254. The predicted octanol–water partition coefficient (Wildman–Crippen LogP) is 1.99. The standard InChI is InChI=1S/C11H16N2O2/c1-3-7-13(11(12)14)9-5-4-6-10(8-9)15-2/h4-6,8H,3,7H2,1-2H3,(H2,12,14). The minimum absolute atomic E-state index is 0.440. The fourth-order valence-electron chi connectivity index (χ4n) is 1.37. The average Bonchev–Trinajstić information content (AvgIpc) is 2.25. The summed E-state index contributed by atoms with van der Waals surface area (Å²) in [5.74, 6) is 0.717. The summed E-state index contributed by atoms with van der Waals surface area (Å²) in [6.45, 7) is 2.61. The molecule has 0 unspecified atom stereocenters. The quantitative estimate of drug-likeness (QED) is 0.822. The fourth-order valence-corrected chi connectivity index (χ4v) is 1.37. The van der Waals surface area contributed by atoms with Gasteiger partial charge in [-0.3, -0.25) is 4.90 Å². The zero-order valence-electron chi connectivity index (χ0n) is 9.06. The molecule has 2 N–H and O–H groups in total. The molecule has 0 saturated heterocycles. The normalized spacial score (nSPS) is 9.73. The highest BCUT2D eigenvalue weighted by Crippen LogP contribution is 2.20. The van der Waals surface area contributed by atoms with Crippen molar-refractivity contribution < 1.29 is 9.53 Å². The monoisotopic (exact) mass is 208 g/mol. The van der Waals surface area contributed by atoms with E-state index in [4.69, 9.17) is 10.5 Å². The van der Waals surface area contributed by atoms with Crippen molar-refractivity contribution >= 4 is 11.7 Å². The SMILES string of the molecule is CCCN(C(N)=O)c1cccc(OC)c1. The van der Waals surface area contributed by atoms with Crippen molar-refractivity contribution in [2.45, 2.75) is 13.3 Å². The van der Waals surface area contributed by atoms with E-state index < -0.39 is 6.03 Å². The Labute approximate surface area is 89.6 Å². The van der Waals surface area contributed by atoms with Crippen molar-refractivity contribution in [2.24, 2.45) is 5.73 Å². The summed E-state index contributed by atoms with van der Waals surface area (Å²) >= 11 is 0. The molecule has 1 aromatic rings. The number of hydrogen-bond acceptors (Lipinski definition) is 2. The van der Waals surface area contributed by atoms with Crippen LogP contribution in [-0.4, -0.2) is 19.7 Å². The van der Waals surface area contributed by atoms with Crippen molar-refractivity contribution in [3.8, 4) is 5.75 Å². The van der Waals surface area contributed by atoms with Gasteiger partial charge in [-0.15, -0.1) is 0 Å². The van der Waals surface area contributed by atoms with E-state index in [1.165, 1.54) is 4.90 Å². The number of nitrogens with two attached hydrogens (primary N) is 1. The number of urea groups is 1. The minimum Gasteiger partial charge on any atom is -0.497 e. The highest BCUT2D eigenvalue weighted by Gasteiger charge is 2.11. The van der Waals surface area contributed by atoms with Crippen LogP contribution in [0.2, 0.25) is 0 Å². The Hall–Kier alpha value is -1.71. The summed E-state index contributed by atoms with van der Waals surface area (Å²) in [7, 11) is 1.59. The molecule has 0 aromatic heterocycles. The molecule has 0 atom stereocenters. The van der Waals surface area contributed by atoms with Gasteiger partial charge in [0.1, 0.15) is 5.75 Å². The number of hydrogen-bond donors (Lipinski definition) is 1. The van der Waals surface area contributed by atoms with Crippen LogP contribution in [0.25, 0.3) is 0 Å². The van der Waals surface area contributed by atoms with Gasteiger partial charge in [-0.05, 0) is 18.6 Å². The lowest BCUT2D eigenvalue weighted by Crippen LogP contribution is -2.36. The Bertz CT molecular complexity index is 339. The van der Waals surface area contributed by atoms with E-state index in [1.54, 1.807) is 13.2 Å². The zero-order valence-corrected chi connectivity index (χ0v) is 9.06. The molecule has 0 radical (unpaired) electrons. The largest absolute Gasteiger partial charge is 0.497 e. The second-order valence-electron chi connectivity index (χ2n) is 3.19. The molecule has 4 nitrogen and oxygen atoms in total. The first kappa shape index (κ1) is 11.4. The molecule has 2 amide bonds. The molecule has 0 heterocycles. The predicted molar refractivity (Wildman–Crippen MR) is 60.2 cm³/mol. The maximum atomic E-state index is 11.2.